The van der Waals surface area contributed by atoms with Gasteiger partial charge in [0.1, 0.15) is 10.7 Å². The molecule has 4 N–H and O–H groups in total. The van der Waals surface area contributed by atoms with E-state index in [1.165, 1.54) is 11.3 Å². The quantitative estimate of drug-likeness (QED) is 0.707. The number of hydrogen-bond acceptors (Lipinski definition) is 7. The Morgan fingerprint density at radius 3 is 2.76 bits per heavy atom. The van der Waals surface area contributed by atoms with Gasteiger partial charge in [0.15, 0.2) is 5.13 Å². The number of carbonyl (C=O) groups excluding carboxylic acids is 1. The van der Waals surface area contributed by atoms with Crippen LogP contribution in [0.1, 0.15) is 23.0 Å². The predicted molar refractivity (Wildman–Crippen MR) is 84.9 cm³/mol. The highest BCUT2D eigenvalue weighted by Gasteiger charge is 2.21. The van der Waals surface area contributed by atoms with Crippen molar-refractivity contribution in [1.29, 1.82) is 0 Å². The van der Waals surface area contributed by atoms with Crippen LogP contribution in [0.25, 0.3) is 0 Å². The fourth-order valence-corrected chi connectivity index (χ4v) is 3.04. The van der Waals surface area contributed by atoms with Gasteiger partial charge in [0.25, 0.3) is 5.91 Å². The average molecular weight is 313 g/mol. The van der Waals surface area contributed by atoms with Gasteiger partial charge in [-0.05, 0) is 20.4 Å². The van der Waals surface area contributed by atoms with E-state index in [2.05, 4.69) is 27.1 Å². The summed E-state index contributed by atoms with van der Waals surface area (Å²) in [5, 5.41) is 12.8. The largest absolute Gasteiger partial charge is 0.393 e. The first-order valence-corrected chi connectivity index (χ1v) is 7.95. The Hall–Kier alpha value is -1.38. The summed E-state index contributed by atoms with van der Waals surface area (Å²) in [6, 6.07) is 0. The summed E-state index contributed by atoms with van der Waals surface area (Å²) < 4.78 is 0. The van der Waals surface area contributed by atoms with Gasteiger partial charge >= 0.3 is 0 Å². The predicted octanol–water partition coefficient (Wildman–Crippen LogP) is -0.0222. The Morgan fingerprint density at radius 1 is 1.48 bits per heavy atom. The molecule has 2 heterocycles. The number of nitrogens with two attached hydrogens (primary N) is 1. The second-order valence-corrected chi connectivity index (χ2v) is 6.37. The third kappa shape index (κ3) is 4.29. The van der Waals surface area contributed by atoms with Gasteiger partial charge in [0.05, 0.1) is 6.10 Å². The Labute approximate surface area is 128 Å². The van der Waals surface area contributed by atoms with E-state index >= 15 is 0 Å². The molecule has 1 fully saturated rings. The zero-order chi connectivity index (χ0) is 15.4. The fraction of sp³-hybridized carbons (Fsp3) is 0.692. The summed E-state index contributed by atoms with van der Waals surface area (Å²) in [4.78, 5) is 21.3. The zero-order valence-electron chi connectivity index (χ0n) is 12.5. The van der Waals surface area contributed by atoms with E-state index in [-0.39, 0.29) is 11.7 Å². The van der Waals surface area contributed by atoms with E-state index in [0.717, 1.165) is 31.3 Å². The van der Waals surface area contributed by atoms with Crippen LogP contribution in [0.2, 0.25) is 0 Å². The minimum atomic E-state index is -0.426. The van der Waals surface area contributed by atoms with Crippen molar-refractivity contribution >= 4 is 28.2 Å². The van der Waals surface area contributed by atoms with Crippen molar-refractivity contribution in [3.8, 4) is 0 Å². The molecule has 0 aromatic carbocycles. The number of aliphatic hydroxyl groups excluding tert-OH is 1. The number of nitrogens with zero attached hydrogens (tertiary/aromatic N) is 3. The molecule has 0 radical (unpaired) electrons. The van der Waals surface area contributed by atoms with Crippen LogP contribution in [0.5, 0.6) is 0 Å². The monoisotopic (exact) mass is 313 g/mol. The van der Waals surface area contributed by atoms with Gasteiger partial charge in [-0.25, -0.2) is 4.98 Å². The van der Waals surface area contributed by atoms with Gasteiger partial charge in [0, 0.05) is 32.7 Å². The lowest BCUT2D eigenvalue weighted by molar-refractivity contribution is 0.0950. The van der Waals surface area contributed by atoms with Gasteiger partial charge in [0.2, 0.25) is 0 Å². The third-order valence-electron chi connectivity index (χ3n) is 3.47. The lowest BCUT2D eigenvalue weighted by Crippen LogP contribution is -2.44. The topological polar surface area (TPSA) is 94.7 Å². The van der Waals surface area contributed by atoms with Crippen LogP contribution in [0, 0.1) is 0 Å². The van der Waals surface area contributed by atoms with Gasteiger partial charge in [-0.3, -0.25) is 4.79 Å². The highest BCUT2D eigenvalue weighted by molar-refractivity contribution is 7.18. The van der Waals surface area contributed by atoms with E-state index < -0.39 is 6.10 Å². The number of nitrogen functional groups attached to an aromatic ring is 1. The number of aromatic nitrogens is 1. The molecule has 0 saturated carbocycles. The molecule has 1 aromatic rings. The van der Waals surface area contributed by atoms with Crippen molar-refractivity contribution in [3.63, 3.8) is 0 Å². The van der Waals surface area contributed by atoms with Gasteiger partial charge < -0.3 is 26.0 Å². The molecule has 1 aliphatic heterocycles. The number of hydrogen-bond donors (Lipinski definition) is 3. The fourth-order valence-electron chi connectivity index (χ4n) is 2.09. The van der Waals surface area contributed by atoms with E-state index in [9.17, 15) is 9.90 Å². The minimum Gasteiger partial charge on any atom is -0.393 e. The number of likely N-dealkylation sites (N-methyl/N-ethyl adjacent to an activating group) is 1. The number of anilines is 2. The van der Waals surface area contributed by atoms with E-state index in [4.69, 9.17) is 5.73 Å². The summed E-state index contributed by atoms with van der Waals surface area (Å²) in [7, 11) is 2.09. The number of nitrogens with one attached hydrogen (secondary N) is 1. The normalized spacial score (nSPS) is 17.8. The van der Waals surface area contributed by atoms with Crippen LogP contribution in [0.4, 0.5) is 10.9 Å². The highest BCUT2D eigenvalue weighted by atomic mass is 32.1. The van der Waals surface area contributed by atoms with Gasteiger partial charge in [-0.1, -0.05) is 11.3 Å². The molecule has 7 nitrogen and oxygen atoms in total. The SMILES string of the molecule is CC(O)CCNC(=O)c1sc(N2CCN(C)CC2)nc1N. The average Bonchev–Trinajstić information content (AvgIpc) is 2.81. The number of thiazole rings is 1. The van der Waals surface area contributed by atoms with Crippen molar-refractivity contribution in [2.24, 2.45) is 0 Å². The second-order valence-electron chi connectivity index (χ2n) is 5.39. The van der Waals surface area contributed by atoms with Crippen molar-refractivity contribution in [2.45, 2.75) is 19.4 Å². The van der Waals surface area contributed by atoms with Crippen molar-refractivity contribution in [3.05, 3.63) is 4.88 Å². The molecule has 1 amide bonds. The standard InChI is InChI=1S/C13H23N5O2S/c1-9(19)3-4-15-12(20)10-11(14)16-13(21-10)18-7-5-17(2)6-8-18/h9,19H,3-8,14H2,1-2H3,(H,15,20). The summed E-state index contributed by atoms with van der Waals surface area (Å²) >= 11 is 1.33. The Morgan fingerprint density at radius 2 is 2.14 bits per heavy atom. The summed E-state index contributed by atoms with van der Waals surface area (Å²) in [6.45, 7) is 5.88. The van der Waals surface area contributed by atoms with E-state index in [0.29, 0.717) is 17.8 Å². The summed E-state index contributed by atoms with van der Waals surface area (Å²) in [6.07, 6.45) is 0.0977. The van der Waals surface area contributed by atoms with Crippen LogP contribution >= 0.6 is 11.3 Å². The minimum absolute atomic E-state index is 0.217. The molecule has 0 bridgehead atoms. The molecule has 21 heavy (non-hydrogen) atoms. The van der Waals surface area contributed by atoms with Crippen molar-refractivity contribution in [1.82, 2.24) is 15.2 Å². The molecular weight excluding hydrogens is 290 g/mol. The van der Waals surface area contributed by atoms with Crippen LogP contribution in [-0.2, 0) is 0 Å². The smallest absolute Gasteiger partial charge is 0.265 e. The molecule has 0 aliphatic carbocycles. The maximum absolute atomic E-state index is 12.1. The molecule has 1 aliphatic rings. The highest BCUT2D eigenvalue weighted by Crippen LogP contribution is 2.28. The molecule has 1 saturated heterocycles. The number of aliphatic hydroxyl groups is 1. The number of rotatable bonds is 5. The summed E-state index contributed by atoms with van der Waals surface area (Å²) in [5.74, 6) is 0.0644. The summed E-state index contributed by atoms with van der Waals surface area (Å²) in [5.41, 5.74) is 5.86. The van der Waals surface area contributed by atoms with Gasteiger partial charge in [-0.15, -0.1) is 0 Å². The van der Waals surface area contributed by atoms with Crippen LogP contribution in [0.3, 0.4) is 0 Å². The first-order chi connectivity index (χ1) is 9.97. The van der Waals surface area contributed by atoms with Crippen LogP contribution in [0.15, 0.2) is 0 Å². The number of amides is 1. The van der Waals surface area contributed by atoms with Gasteiger partial charge in [-0.2, -0.15) is 0 Å². The Bertz CT molecular complexity index is 483. The molecule has 118 valence electrons. The first-order valence-electron chi connectivity index (χ1n) is 7.13. The molecular formula is C13H23N5O2S. The molecule has 1 unspecified atom stereocenters. The molecule has 8 heteroatoms. The lowest BCUT2D eigenvalue weighted by Gasteiger charge is -2.31. The van der Waals surface area contributed by atoms with Crippen molar-refractivity contribution < 1.29 is 9.90 Å². The van der Waals surface area contributed by atoms with E-state index in [1.807, 2.05) is 0 Å². The van der Waals surface area contributed by atoms with Crippen LogP contribution < -0.4 is 16.0 Å². The third-order valence-corrected chi connectivity index (χ3v) is 4.60. The molecule has 2 rings (SSSR count). The Kier molecular flexibility index (Phi) is 5.38. The first kappa shape index (κ1) is 16.0. The number of carbonyl (C=O) groups is 1. The lowest BCUT2D eigenvalue weighted by atomic mass is 10.3. The maximum Gasteiger partial charge on any atom is 0.265 e. The van der Waals surface area contributed by atoms with Crippen molar-refractivity contribution in [2.75, 3.05) is 50.4 Å². The molecule has 0 spiro atoms. The van der Waals surface area contributed by atoms with E-state index in [1.54, 1.807) is 6.92 Å². The molecule has 1 atom stereocenters. The second kappa shape index (κ2) is 7.06. The maximum atomic E-state index is 12.1. The Balaban J connectivity index is 1.96. The van der Waals surface area contributed by atoms with Crippen LogP contribution in [-0.4, -0.2) is 66.8 Å². The molecule has 1 aromatic heterocycles. The zero-order valence-corrected chi connectivity index (χ0v) is 13.3. The number of piperazine rings is 1.